The van der Waals surface area contributed by atoms with Gasteiger partial charge in [0, 0.05) is 19.0 Å². The number of likely N-dealkylation sites (tertiary alicyclic amines) is 1. The fraction of sp³-hybridized carbons (Fsp3) is 0.833. The number of amides is 1. The van der Waals surface area contributed by atoms with Gasteiger partial charge in [0.25, 0.3) is 5.91 Å². The van der Waals surface area contributed by atoms with E-state index >= 15 is 0 Å². The Bertz CT molecular complexity index is 248. The van der Waals surface area contributed by atoms with Crippen LogP contribution in [0.5, 0.6) is 0 Å². The van der Waals surface area contributed by atoms with E-state index in [-0.39, 0.29) is 17.7 Å². The Kier molecular flexibility index (Phi) is 4.30. The maximum absolute atomic E-state index is 11.4. The van der Waals surface area contributed by atoms with Crippen LogP contribution in [0.3, 0.4) is 0 Å². The highest BCUT2D eigenvalue weighted by molar-refractivity contribution is 6.37. The lowest BCUT2D eigenvalue weighted by molar-refractivity contribution is -0.141. The predicted molar refractivity (Wildman–Crippen MR) is 59.5 cm³/mol. The molecule has 0 aliphatic carbocycles. The fourth-order valence-corrected chi connectivity index (χ4v) is 1.99. The van der Waals surface area contributed by atoms with Crippen molar-refractivity contribution in [1.82, 2.24) is 4.90 Å². The van der Waals surface area contributed by atoms with Gasteiger partial charge < -0.3 is 4.90 Å². The zero-order chi connectivity index (χ0) is 11.4. The third-order valence-corrected chi connectivity index (χ3v) is 3.01. The third kappa shape index (κ3) is 3.33. The van der Waals surface area contributed by atoms with E-state index in [0.717, 1.165) is 12.8 Å². The van der Waals surface area contributed by atoms with E-state index < -0.39 is 0 Å². The maximum atomic E-state index is 11.4. The molecule has 1 amide bonds. The molecule has 0 radical (unpaired) electrons. The minimum Gasteiger partial charge on any atom is -0.333 e. The average Bonchev–Trinajstić information content (AvgIpc) is 2.47. The lowest BCUT2D eigenvalue weighted by atomic mass is 10.0. The van der Waals surface area contributed by atoms with Crippen LogP contribution in [0.25, 0.3) is 0 Å². The van der Waals surface area contributed by atoms with E-state index in [1.54, 1.807) is 4.90 Å². The van der Waals surface area contributed by atoms with Crippen molar-refractivity contribution in [3.05, 3.63) is 0 Å². The molecule has 3 nitrogen and oxygen atoms in total. The molecule has 1 saturated heterocycles. The molecule has 1 aliphatic heterocycles. The Balaban J connectivity index is 2.31. The lowest BCUT2D eigenvalue weighted by Crippen LogP contribution is -2.35. The van der Waals surface area contributed by atoms with Gasteiger partial charge in [-0.2, -0.15) is 0 Å². The fourth-order valence-electron chi connectivity index (χ4n) is 1.99. The van der Waals surface area contributed by atoms with Crippen molar-refractivity contribution in [1.29, 1.82) is 0 Å². The van der Waals surface area contributed by atoms with Crippen LogP contribution in [-0.2, 0) is 9.59 Å². The number of ketones is 1. The minimum absolute atomic E-state index is 0.217. The van der Waals surface area contributed by atoms with Crippen LogP contribution < -0.4 is 0 Å². The number of Topliss-reactive ketones (excluding diaryl/α,β-unsaturated/α-hetero) is 1. The second-order valence-corrected chi connectivity index (χ2v) is 4.85. The molecule has 3 heteroatoms. The third-order valence-electron chi connectivity index (χ3n) is 3.01. The highest BCUT2D eigenvalue weighted by Crippen LogP contribution is 2.16. The lowest BCUT2D eigenvalue weighted by Gasteiger charge is -2.23. The monoisotopic (exact) mass is 211 g/mol. The van der Waals surface area contributed by atoms with Crippen molar-refractivity contribution in [3.8, 4) is 0 Å². The van der Waals surface area contributed by atoms with Crippen LogP contribution in [-0.4, -0.2) is 29.2 Å². The maximum Gasteiger partial charge on any atom is 0.290 e. The van der Waals surface area contributed by atoms with E-state index in [9.17, 15) is 9.59 Å². The molecule has 0 saturated carbocycles. The molecule has 1 rings (SSSR count). The molecule has 0 spiro atoms. The van der Waals surface area contributed by atoms with Crippen molar-refractivity contribution in [3.63, 3.8) is 0 Å². The second-order valence-electron chi connectivity index (χ2n) is 4.85. The van der Waals surface area contributed by atoms with Gasteiger partial charge >= 0.3 is 0 Å². The summed E-state index contributed by atoms with van der Waals surface area (Å²) in [4.78, 5) is 24.2. The first kappa shape index (κ1) is 12.2. The standard InChI is InChI=1S/C12H21NO2/c1-9(2)5-4-6-10(3)13-8-7-11(14)12(13)15/h9-10H,4-8H2,1-3H3. The first-order chi connectivity index (χ1) is 7.02. The van der Waals surface area contributed by atoms with Crippen LogP contribution in [0.2, 0.25) is 0 Å². The van der Waals surface area contributed by atoms with Crippen molar-refractivity contribution in [2.24, 2.45) is 5.92 Å². The van der Waals surface area contributed by atoms with Gasteiger partial charge in [0.2, 0.25) is 5.78 Å². The van der Waals surface area contributed by atoms with Gasteiger partial charge in [0.05, 0.1) is 0 Å². The van der Waals surface area contributed by atoms with Crippen LogP contribution in [0.4, 0.5) is 0 Å². The number of carbonyl (C=O) groups excluding carboxylic acids is 2. The molecule has 15 heavy (non-hydrogen) atoms. The smallest absolute Gasteiger partial charge is 0.290 e. The number of hydrogen-bond acceptors (Lipinski definition) is 2. The number of hydrogen-bond donors (Lipinski definition) is 0. The molecule has 0 aromatic carbocycles. The molecule has 0 aromatic heterocycles. The summed E-state index contributed by atoms with van der Waals surface area (Å²) in [6.45, 7) is 7.07. The topological polar surface area (TPSA) is 37.4 Å². The summed E-state index contributed by atoms with van der Waals surface area (Å²) in [5.74, 6) is 0.228. The molecule has 0 aromatic rings. The molecule has 1 aliphatic rings. The zero-order valence-electron chi connectivity index (χ0n) is 9.95. The van der Waals surface area contributed by atoms with E-state index in [4.69, 9.17) is 0 Å². The van der Waals surface area contributed by atoms with E-state index in [1.165, 1.54) is 6.42 Å². The summed E-state index contributed by atoms with van der Waals surface area (Å²) < 4.78 is 0. The highest BCUT2D eigenvalue weighted by atomic mass is 16.2. The van der Waals surface area contributed by atoms with Crippen molar-refractivity contribution in [2.75, 3.05) is 6.54 Å². The first-order valence-corrected chi connectivity index (χ1v) is 5.86. The SMILES string of the molecule is CC(C)CCCC(C)N1CCC(=O)C1=O. The molecule has 1 fully saturated rings. The van der Waals surface area contributed by atoms with Gasteiger partial charge in [-0.05, 0) is 19.3 Å². The molecule has 1 unspecified atom stereocenters. The quantitative estimate of drug-likeness (QED) is 0.652. The minimum atomic E-state index is -0.271. The zero-order valence-corrected chi connectivity index (χ0v) is 9.95. The largest absolute Gasteiger partial charge is 0.333 e. The molecular weight excluding hydrogens is 190 g/mol. The Labute approximate surface area is 91.8 Å². The molecule has 0 bridgehead atoms. The van der Waals surface area contributed by atoms with Gasteiger partial charge in [-0.25, -0.2) is 0 Å². The van der Waals surface area contributed by atoms with Crippen LogP contribution in [0.15, 0.2) is 0 Å². The Morgan fingerprint density at radius 3 is 2.33 bits per heavy atom. The van der Waals surface area contributed by atoms with Crippen LogP contribution in [0, 0.1) is 5.92 Å². The van der Waals surface area contributed by atoms with Gasteiger partial charge in [-0.1, -0.05) is 26.7 Å². The number of rotatable bonds is 5. The molecular formula is C12H21NO2. The van der Waals surface area contributed by atoms with Gasteiger partial charge in [-0.15, -0.1) is 0 Å². The Morgan fingerprint density at radius 1 is 1.20 bits per heavy atom. The molecule has 1 heterocycles. The summed E-state index contributed by atoms with van der Waals surface area (Å²) in [5.41, 5.74) is 0. The number of nitrogens with zero attached hydrogens (tertiary/aromatic N) is 1. The van der Waals surface area contributed by atoms with Gasteiger partial charge in [-0.3, -0.25) is 9.59 Å². The van der Waals surface area contributed by atoms with Gasteiger partial charge in [0.1, 0.15) is 0 Å². The first-order valence-electron chi connectivity index (χ1n) is 5.86. The summed E-state index contributed by atoms with van der Waals surface area (Å²) in [5, 5.41) is 0. The van der Waals surface area contributed by atoms with Crippen molar-refractivity contribution >= 4 is 11.7 Å². The van der Waals surface area contributed by atoms with Gasteiger partial charge in [0.15, 0.2) is 0 Å². The van der Waals surface area contributed by atoms with E-state index in [2.05, 4.69) is 13.8 Å². The Morgan fingerprint density at radius 2 is 1.87 bits per heavy atom. The highest BCUT2D eigenvalue weighted by Gasteiger charge is 2.31. The number of carbonyl (C=O) groups is 2. The molecule has 86 valence electrons. The van der Waals surface area contributed by atoms with E-state index in [0.29, 0.717) is 18.9 Å². The van der Waals surface area contributed by atoms with Crippen molar-refractivity contribution < 1.29 is 9.59 Å². The average molecular weight is 211 g/mol. The summed E-state index contributed by atoms with van der Waals surface area (Å²) >= 11 is 0. The summed E-state index contributed by atoms with van der Waals surface area (Å²) in [7, 11) is 0. The predicted octanol–water partition coefficient (Wildman–Crippen LogP) is 2.00. The molecule has 1 atom stereocenters. The molecule has 0 N–H and O–H groups in total. The van der Waals surface area contributed by atoms with E-state index in [1.807, 2.05) is 6.92 Å². The van der Waals surface area contributed by atoms with Crippen LogP contribution in [0.1, 0.15) is 46.5 Å². The normalized spacial score (nSPS) is 19.1. The van der Waals surface area contributed by atoms with Crippen LogP contribution >= 0.6 is 0 Å². The second kappa shape index (κ2) is 5.29. The Hall–Kier alpha value is -0.860. The summed E-state index contributed by atoms with van der Waals surface area (Å²) in [6.07, 6.45) is 3.75. The summed E-state index contributed by atoms with van der Waals surface area (Å²) in [6, 6.07) is 0.225. The van der Waals surface area contributed by atoms with Crippen molar-refractivity contribution in [2.45, 2.75) is 52.5 Å².